The molecular formula is C20H15F4N5O. The van der Waals surface area contributed by atoms with Gasteiger partial charge in [-0.25, -0.2) is 13.9 Å². The van der Waals surface area contributed by atoms with Gasteiger partial charge in [-0.1, -0.05) is 0 Å². The first kappa shape index (κ1) is 19.8. The van der Waals surface area contributed by atoms with Crippen LogP contribution in [0, 0.1) is 30.0 Å². The van der Waals surface area contributed by atoms with Crippen molar-refractivity contribution in [2.24, 2.45) is 5.92 Å². The molecule has 1 unspecified atom stereocenters. The number of nitrogens with zero attached hydrogens (tertiary/aromatic N) is 4. The minimum atomic E-state index is -4.55. The van der Waals surface area contributed by atoms with Crippen molar-refractivity contribution in [2.75, 3.05) is 0 Å². The second kappa shape index (κ2) is 7.09. The molecule has 0 bridgehead atoms. The van der Waals surface area contributed by atoms with Gasteiger partial charge in [0.05, 0.1) is 17.5 Å². The van der Waals surface area contributed by atoms with Crippen LogP contribution in [-0.4, -0.2) is 32.7 Å². The molecule has 0 saturated heterocycles. The highest BCUT2D eigenvalue weighted by Gasteiger charge is 2.49. The zero-order chi connectivity index (χ0) is 21.6. The van der Waals surface area contributed by atoms with Gasteiger partial charge in [0.2, 0.25) is 0 Å². The van der Waals surface area contributed by atoms with Gasteiger partial charge in [0, 0.05) is 11.3 Å². The van der Waals surface area contributed by atoms with Gasteiger partial charge < -0.3 is 5.32 Å². The molecule has 0 radical (unpaired) electrons. The Morgan fingerprint density at radius 3 is 2.70 bits per heavy atom. The zero-order valence-electron chi connectivity index (χ0n) is 15.7. The van der Waals surface area contributed by atoms with E-state index in [1.165, 1.54) is 22.8 Å². The summed E-state index contributed by atoms with van der Waals surface area (Å²) in [7, 11) is 0. The summed E-state index contributed by atoms with van der Waals surface area (Å²) in [5.41, 5.74) is 1.12. The fraction of sp³-hybridized carbons (Fsp3) is 0.300. The largest absolute Gasteiger partial charge is 0.408 e. The Morgan fingerprint density at radius 1 is 1.33 bits per heavy atom. The van der Waals surface area contributed by atoms with E-state index in [0.717, 1.165) is 6.07 Å². The summed E-state index contributed by atoms with van der Waals surface area (Å²) in [5.74, 6) is -2.22. The summed E-state index contributed by atoms with van der Waals surface area (Å²) in [6.45, 7) is 1.68. The number of nitriles is 1. The standard InChI is InChI=1S/C20H15F4N5O/c1-10-6-16(12-4-5-15(21)13(7-12)8-25)27-18-14(9-26-29(10)18)19(30)28-17(11-2-3-11)20(22,23)24/h4-7,9,11,17H,2-3H2,1H3,(H,28,30). The molecule has 4 rings (SSSR count). The molecule has 1 fully saturated rings. The lowest BCUT2D eigenvalue weighted by molar-refractivity contribution is -0.158. The molecule has 0 aliphatic heterocycles. The monoisotopic (exact) mass is 417 g/mol. The lowest BCUT2D eigenvalue weighted by Gasteiger charge is -2.20. The van der Waals surface area contributed by atoms with Gasteiger partial charge in [0.15, 0.2) is 5.65 Å². The van der Waals surface area contributed by atoms with E-state index in [1.807, 2.05) is 0 Å². The van der Waals surface area contributed by atoms with Crippen LogP contribution in [0.25, 0.3) is 16.9 Å². The molecule has 2 heterocycles. The highest BCUT2D eigenvalue weighted by atomic mass is 19.4. The van der Waals surface area contributed by atoms with Crippen LogP contribution < -0.4 is 5.32 Å². The quantitative estimate of drug-likeness (QED) is 0.655. The Hall–Kier alpha value is -3.48. The first-order valence-corrected chi connectivity index (χ1v) is 9.12. The molecule has 154 valence electrons. The Labute approximate surface area is 168 Å². The van der Waals surface area contributed by atoms with E-state index >= 15 is 0 Å². The number of fused-ring (bicyclic) bond motifs is 1. The highest BCUT2D eigenvalue weighted by molar-refractivity contribution is 6.00. The van der Waals surface area contributed by atoms with Crippen molar-refractivity contribution < 1.29 is 22.4 Å². The average molecular weight is 417 g/mol. The van der Waals surface area contributed by atoms with Crippen LogP contribution in [0.3, 0.4) is 0 Å². The minimum absolute atomic E-state index is 0.0713. The molecule has 1 aromatic carbocycles. The van der Waals surface area contributed by atoms with Gasteiger partial charge in [0.1, 0.15) is 23.5 Å². The molecule has 0 spiro atoms. The zero-order valence-corrected chi connectivity index (χ0v) is 15.7. The first-order valence-electron chi connectivity index (χ1n) is 9.12. The van der Waals surface area contributed by atoms with Crippen LogP contribution in [0.4, 0.5) is 17.6 Å². The van der Waals surface area contributed by atoms with E-state index in [2.05, 4.69) is 15.4 Å². The second-order valence-corrected chi connectivity index (χ2v) is 7.21. The number of carbonyl (C=O) groups is 1. The van der Waals surface area contributed by atoms with Crippen LogP contribution in [-0.2, 0) is 0 Å². The molecule has 30 heavy (non-hydrogen) atoms. The summed E-state index contributed by atoms with van der Waals surface area (Å²) in [5, 5.41) is 15.1. The van der Waals surface area contributed by atoms with E-state index in [0.29, 0.717) is 29.8 Å². The van der Waals surface area contributed by atoms with E-state index in [4.69, 9.17) is 5.26 Å². The maximum absolute atomic E-state index is 13.6. The third kappa shape index (κ3) is 3.58. The van der Waals surface area contributed by atoms with Crippen molar-refractivity contribution in [1.29, 1.82) is 5.26 Å². The molecule has 1 aliphatic carbocycles. The Kier molecular flexibility index (Phi) is 4.68. The summed E-state index contributed by atoms with van der Waals surface area (Å²) < 4.78 is 54.8. The molecule has 1 saturated carbocycles. The summed E-state index contributed by atoms with van der Waals surface area (Å²) in [4.78, 5) is 17.0. The number of aryl methyl sites for hydroxylation is 1. The predicted molar refractivity (Wildman–Crippen MR) is 97.9 cm³/mol. The summed E-state index contributed by atoms with van der Waals surface area (Å²) >= 11 is 0. The maximum atomic E-state index is 13.6. The normalized spacial score (nSPS) is 15.1. The third-order valence-electron chi connectivity index (χ3n) is 5.01. The molecule has 2 aromatic heterocycles. The lowest BCUT2D eigenvalue weighted by Crippen LogP contribution is -2.46. The smallest absolute Gasteiger partial charge is 0.340 e. The number of benzene rings is 1. The topological polar surface area (TPSA) is 83.1 Å². The van der Waals surface area contributed by atoms with Gasteiger partial charge in [-0.3, -0.25) is 4.79 Å². The number of hydrogen-bond acceptors (Lipinski definition) is 4. The fourth-order valence-electron chi connectivity index (χ4n) is 3.31. The van der Waals surface area contributed by atoms with Crippen LogP contribution in [0.5, 0.6) is 0 Å². The molecule has 6 nitrogen and oxygen atoms in total. The predicted octanol–water partition coefficient (Wildman–Crippen LogP) is 3.79. The van der Waals surface area contributed by atoms with Gasteiger partial charge in [-0.05, 0) is 49.9 Å². The van der Waals surface area contributed by atoms with E-state index < -0.39 is 29.9 Å². The van der Waals surface area contributed by atoms with Crippen LogP contribution in [0.15, 0.2) is 30.5 Å². The number of rotatable bonds is 4. The van der Waals surface area contributed by atoms with Crippen molar-refractivity contribution in [3.63, 3.8) is 0 Å². The van der Waals surface area contributed by atoms with Crippen molar-refractivity contribution in [1.82, 2.24) is 19.9 Å². The van der Waals surface area contributed by atoms with Gasteiger partial charge in [0.25, 0.3) is 5.91 Å². The van der Waals surface area contributed by atoms with Crippen molar-refractivity contribution in [3.8, 4) is 17.3 Å². The average Bonchev–Trinajstić information content (AvgIpc) is 3.43. The Bertz CT molecular complexity index is 1190. The molecule has 10 heteroatoms. The number of alkyl halides is 3. The number of halogens is 4. The molecular weight excluding hydrogens is 402 g/mol. The Balaban J connectivity index is 1.74. The molecule has 1 N–H and O–H groups in total. The highest BCUT2D eigenvalue weighted by Crippen LogP contribution is 2.40. The van der Waals surface area contributed by atoms with E-state index in [1.54, 1.807) is 19.1 Å². The minimum Gasteiger partial charge on any atom is -0.340 e. The van der Waals surface area contributed by atoms with Crippen molar-refractivity contribution in [3.05, 3.63) is 53.1 Å². The summed E-state index contributed by atoms with van der Waals surface area (Å²) in [6, 6.07) is 5.32. The van der Waals surface area contributed by atoms with E-state index in [9.17, 15) is 22.4 Å². The molecule has 3 aromatic rings. The first-order chi connectivity index (χ1) is 14.2. The number of hydrogen-bond donors (Lipinski definition) is 1. The maximum Gasteiger partial charge on any atom is 0.408 e. The van der Waals surface area contributed by atoms with Crippen LogP contribution in [0.2, 0.25) is 0 Å². The third-order valence-corrected chi connectivity index (χ3v) is 5.01. The molecule has 1 amide bonds. The Morgan fingerprint density at radius 2 is 2.07 bits per heavy atom. The number of carbonyl (C=O) groups excluding carboxylic acids is 1. The summed E-state index contributed by atoms with van der Waals surface area (Å²) in [6.07, 6.45) is -2.56. The SMILES string of the molecule is Cc1cc(-c2ccc(F)c(C#N)c2)nc2c(C(=O)NC(C3CC3)C(F)(F)F)cnn12. The lowest BCUT2D eigenvalue weighted by atomic mass is 10.1. The fourth-order valence-corrected chi connectivity index (χ4v) is 3.31. The molecule has 1 aliphatic rings. The number of aromatic nitrogens is 3. The van der Waals surface area contributed by atoms with Crippen molar-refractivity contribution in [2.45, 2.75) is 32.0 Å². The van der Waals surface area contributed by atoms with Gasteiger partial charge in [-0.2, -0.15) is 23.5 Å². The van der Waals surface area contributed by atoms with Crippen LogP contribution >= 0.6 is 0 Å². The number of nitrogens with one attached hydrogen (secondary N) is 1. The van der Waals surface area contributed by atoms with Gasteiger partial charge in [-0.15, -0.1) is 0 Å². The van der Waals surface area contributed by atoms with Crippen molar-refractivity contribution >= 4 is 11.6 Å². The van der Waals surface area contributed by atoms with Gasteiger partial charge >= 0.3 is 6.18 Å². The number of amides is 1. The second-order valence-electron chi connectivity index (χ2n) is 7.21. The van der Waals surface area contributed by atoms with Crippen LogP contribution in [0.1, 0.15) is 34.5 Å². The molecule has 1 atom stereocenters. The van der Waals surface area contributed by atoms with E-state index in [-0.39, 0.29) is 16.8 Å².